The van der Waals surface area contributed by atoms with Crippen LogP contribution in [-0.2, 0) is 20.9 Å². The first kappa shape index (κ1) is 31.4. The van der Waals surface area contributed by atoms with Gasteiger partial charge in [0.2, 0.25) is 17.7 Å². The van der Waals surface area contributed by atoms with Crippen LogP contribution in [0.15, 0.2) is 55.6 Å². The van der Waals surface area contributed by atoms with E-state index in [4.69, 9.17) is 0 Å². The van der Waals surface area contributed by atoms with E-state index in [-0.39, 0.29) is 29.6 Å². The molecule has 0 aromatic heterocycles. The molecule has 5 atom stereocenters. The fourth-order valence-electron chi connectivity index (χ4n) is 7.07. The SMILES string of the molecule is C=CCN(CCCC)C(=O)C1N(CCCCCCO)C(=O)[C@@H]2[C@@H](C(=O)N(CC=C)Cc3ccccc3)[C@H]3CCC12S3. The maximum Gasteiger partial charge on any atom is 0.247 e. The fourth-order valence-corrected chi connectivity index (χ4v) is 9.28. The molecule has 1 aromatic rings. The predicted molar refractivity (Wildman–Crippen MR) is 165 cm³/mol. The zero-order chi connectivity index (χ0) is 29.4. The minimum atomic E-state index is -0.581. The molecule has 4 rings (SSSR count). The zero-order valence-corrected chi connectivity index (χ0v) is 25.4. The highest BCUT2D eigenvalue weighted by atomic mass is 32.2. The minimum absolute atomic E-state index is 0.00181. The van der Waals surface area contributed by atoms with Crippen LogP contribution in [0.4, 0.5) is 0 Å². The van der Waals surface area contributed by atoms with Crippen LogP contribution in [0.3, 0.4) is 0 Å². The third-order valence-electron chi connectivity index (χ3n) is 8.95. The molecule has 2 bridgehead atoms. The summed E-state index contributed by atoms with van der Waals surface area (Å²) in [6, 6.07) is 9.36. The van der Waals surface area contributed by atoms with Gasteiger partial charge in [0.1, 0.15) is 6.04 Å². The lowest BCUT2D eigenvalue weighted by molar-refractivity contribution is -0.145. The average molecular weight is 582 g/mol. The van der Waals surface area contributed by atoms with Gasteiger partial charge in [0, 0.05) is 44.6 Å². The van der Waals surface area contributed by atoms with Crippen LogP contribution in [0, 0.1) is 11.8 Å². The Labute approximate surface area is 250 Å². The van der Waals surface area contributed by atoms with Crippen molar-refractivity contribution in [2.24, 2.45) is 11.8 Å². The number of amides is 3. The van der Waals surface area contributed by atoms with E-state index in [0.29, 0.717) is 32.7 Å². The topological polar surface area (TPSA) is 81.2 Å². The number of rotatable bonds is 17. The van der Waals surface area contributed by atoms with Crippen molar-refractivity contribution in [3.63, 3.8) is 0 Å². The van der Waals surface area contributed by atoms with Crippen LogP contribution in [0.5, 0.6) is 0 Å². The smallest absolute Gasteiger partial charge is 0.247 e. The number of benzene rings is 1. The molecule has 3 saturated heterocycles. The molecule has 3 fully saturated rings. The summed E-state index contributed by atoms with van der Waals surface area (Å²) < 4.78 is -0.581. The number of aliphatic hydroxyl groups is 1. The van der Waals surface area contributed by atoms with Crippen molar-refractivity contribution >= 4 is 29.5 Å². The summed E-state index contributed by atoms with van der Waals surface area (Å²) in [4.78, 5) is 48.5. The number of fused-ring (bicyclic) bond motifs is 1. The third-order valence-corrected chi connectivity index (χ3v) is 10.9. The van der Waals surface area contributed by atoms with E-state index in [2.05, 4.69) is 20.1 Å². The van der Waals surface area contributed by atoms with Gasteiger partial charge in [-0.15, -0.1) is 24.9 Å². The second-order valence-electron chi connectivity index (χ2n) is 11.6. The molecular formula is C33H47N3O4S. The molecule has 3 aliphatic heterocycles. The van der Waals surface area contributed by atoms with Gasteiger partial charge in [0.25, 0.3) is 0 Å². The zero-order valence-electron chi connectivity index (χ0n) is 24.6. The van der Waals surface area contributed by atoms with Gasteiger partial charge < -0.3 is 19.8 Å². The molecular weight excluding hydrogens is 534 g/mol. The number of nitrogens with zero attached hydrogens (tertiary/aromatic N) is 3. The summed E-state index contributed by atoms with van der Waals surface area (Å²) in [6.07, 6.45) is 10.3. The van der Waals surface area contributed by atoms with Crippen molar-refractivity contribution in [3.05, 3.63) is 61.2 Å². The van der Waals surface area contributed by atoms with E-state index >= 15 is 0 Å². The molecule has 1 spiro atoms. The Bertz CT molecular complexity index is 1080. The lowest BCUT2D eigenvalue weighted by atomic mass is 9.70. The van der Waals surface area contributed by atoms with Gasteiger partial charge >= 0.3 is 0 Å². The van der Waals surface area contributed by atoms with Crippen molar-refractivity contribution in [2.45, 2.75) is 80.9 Å². The molecule has 3 heterocycles. The summed E-state index contributed by atoms with van der Waals surface area (Å²) in [6.45, 7) is 12.5. The van der Waals surface area contributed by atoms with E-state index in [1.807, 2.05) is 45.0 Å². The number of carbonyl (C=O) groups excluding carboxylic acids is 3. The van der Waals surface area contributed by atoms with Crippen molar-refractivity contribution < 1.29 is 19.5 Å². The fraction of sp³-hybridized carbons (Fsp3) is 0.606. The maximum absolute atomic E-state index is 14.3. The minimum Gasteiger partial charge on any atom is -0.396 e. The Morgan fingerprint density at radius 2 is 1.76 bits per heavy atom. The van der Waals surface area contributed by atoms with Gasteiger partial charge in [-0.25, -0.2) is 0 Å². The van der Waals surface area contributed by atoms with Crippen molar-refractivity contribution in [3.8, 4) is 0 Å². The Morgan fingerprint density at radius 3 is 2.44 bits per heavy atom. The number of hydrogen-bond donors (Lipinski definition) is 1. The summed E-state index contributed by atoms with van der Waals surface area (Å²) >= 11 is 1.74. The number of thioether (sulfide) groups is 1. The van der Waals surface area contributed by atoms with Crippen molar-refractivity contribution in [2.75, 3.05) is 32.8 Å². The Hall–Kier alpha value is -2.58. The second-order valence-corrected chi connectivity index (χ2v) is 13.2. The quantitative estimate of drug-likeness (QED) is 0.214. The third kappa shape index (κ3) is 6.43. The van der Waals surface area contributed by atoms with Crippen molar-refractivity contribution in [1.82, 2.24) is 14.7 Å². The van der Waals surface area contributed by atoms with Gasteiger partial charge in [-0.05, 0) is 37.7 Å². The summed E-state index contributed by atoms with van der Waals surface area (Å²) in [5, 5.41) is 9.22. The van der Waals surface area contributed by atoms with Crippen LogP contribution in [-0.4, -0.2) is 86.4 Å². The molecule has 0 aliphatic carbocycles. The van der Waals surface area contributed by atoms with Gasteiger partial charge in [0.05, 0.1) is 16.6 Å². The Kier molecular flexibility index (Phi) is 11.1. The lowest BCUT2D eigenvalue weighted by Gasteiger charge is -2.37. The van der Waals surface area contributed by atoms with Crippen molar-refractivity contribution in [1.29, 1.82) is 0 Å². The molecule has 0 saturated carbocycles. The number of unbranched alkanes of at least 4 members (excludes halogenated alkanes) is 4. The first-order valence-electron chi connectivity index (χ1n) is 15.4. The molecule has 1 aromatic carbocycles. The molecule has 224 valence electrons. The number of carbonyl (C=O) groups is 3. The van der Waals surface area contributed by atoms with Crippen LogP contribution in [0.1, 0.15) is 63.9 Å². The molecule has 3 aliphatic rings. The van der Waals surface area contributed by atoms with E-state index in [0.717, 1.165) is 56.9 Å². The molecule has 0 radical (unpaired) electrons. The first-order chi connectivity index (χ1) is 19.9. The molecule has 3 amide bonds. The number of hydrogen-bond acceptors (Lipinski definition) is 5. The number of likely N-dealkylation sites (tertiary alicyclic amines) is 1. The van der Waals surface area contributed by atoms with E-state index in [1.165, 1.54) is 0 Å². The molecule has 8 heteroatoms. The predicted octanol–water partition coefficient (Wildman–Crippen LogP) is 4.66. The first-order valence-corrected chi connectivity index (χ1v) is 16.2. The van der Waals surface area contributed by atoms with Crippen LogP contribution in [0.2, 0.25) is 0 Å². The lowest BCUT2D eigenvalue weighted by Crippen LogP contribution is -2.55. The second kappa shape index (κ2) is 14.5. The van der Waals surface area contributed by atoms with Gasteiger partial charge in [-0.3, -0.25) is 14.4 Å². The monoisotopic (exact) mass is 581 g/mol. The molecule has 41 heavy (non-hydrogen) atoms. The summed E-state index contributed by atoms with van der Waals surface area (Å²) in [5.74, 6) is -0.979. The van der Waals surface area contributed by atoms with Gasteiger partial charge in [-0.1, -0.05) is 68.7 Å². The molecule has 2 unspecified atom stereocenters. The summed E-state index contributed by atoms with van der Waals surface area (Å²) in [7, 11) is 0. The average Bonchev–Trinajstić information content (AvgIpc) is 3.62. The van der Waals surface area contributed by atoms with E-state index < -0.39 is 22.6 Å². The Morgan fingerprint density at radius 1 is 1.05 bits per heavy atom. The van der Waals surface area contributed by atoms with Gasteiger partial charge in [-0.2, -0.15) is 0 Å². The summed E-state index contributed by atoms with van der Waals surface area (Å²) in [5.41, 5.74) is 1.04. The Balaban J connectivity index is 1.65. The van der Waals surface area contributed by atoms with Crippen LogP contribution < -0.4 is 0 Å². The highest BCUT2D eigenvalue weighted by Crippen LogP contribution is 2.66. The van der Waals surface area contributed by atoms with E-state index in [1.54, 1.807) is 23.9 Å². The standard InChI is InChI=1S/C33H47N3O4S/c1-4-7-21-34(19-5-2)32(40)29-33-18-17-26(41-33)27(28(33)31(39)36(29)22-13-8-9-14-23-37)30(38)35(20-6-3)24-25-15-11-10-12-16-25/h5-6,10-12,15-16,26-29,37H,2-4,7-9,13-14,17-24H2,1H3/t26-,27+,28+,29?,33?/m1/s1. The maximum atomic E-state index is 14.3. The highest BCUT2D eigenvalue weighted by molar-refractivity contribution is 8.02. The normalized spacial score (nSPS) is 26.2. The largest absolute Gasteiger partial charge is 0.396 e. The van der Waals surface area contributed by atoms with Gasteiger partial charge in [0.15, 0.2) is 0 Å². The van der Waals surface area contributed by atoms with Crippen LogP contribution >= 0.6 is 11.8 Å². The molecule has 7 nitrogen and oxygen atoms in total. The number of aliphatic hydroxyl groups excluding tert-OH is 1. The molecule has 1 N–H and O–H groups in total. The van der Waals surface area contributed by atoms with Crippen LogP contribution in [0.25, 0.3) is 0 Å². The van der Waals surface area contributed by atoms with E-state index in [9.17, 15) is 19.5 Å². The highest BCUT2D eigenvalue weighted by Gasteiger charge is 2.73.